The molecule has 1 unspecified atom stereocenters. The molecule has 1 N–H and O–H groups in total. The first kappa shape index (κ1) is 19.4. The monoisotopic (exact) mass is 404 g/mol. The number of ketones is 1. The van der Waals surface area contributed by atoms with Crippen molar-refractivity contribution in [3.63, 3.8) is 0 Å². The van der Waals surface area contributed by atoms with Crippen LogP contribution < -0.4 is 4.74 Å². The quantitative estimate of drug-likeness (QED) is 0.383. The number of nitrogens with zero attached hydrogens (tertiary/aromatic N) is 2. The van der Waals surface area contributed by atoms with Crippen LogP contribution in [-0.2, 0) is 16.1 Å². The molecule has 1 aliphatic heterocycles. The molecule has 1 aromatic carbocycles. The van der Waals surface area contributed by atoms with Gasteiger partial charge in [-0.15, -0.1) is 0 Å². The van der Waals surface area contributed by atoms with Crippen LogP contribution in [0.3, 0.4) is 0 Å². The van der Waals surface area contributed by atoms with Crippen molar-refractivity contribution in [2.24, 2.45) is 0 Å². The second-order valence-corrected chi connectivity index (χ2v) is 6.75. The minimum Gasteiger partial charge on any atom is -0.507 e. The molecule has 0 aliphatic carbocycles. The fraction of sp³-hybridized carbons (Fsp3) is 0.174. The number of hydrogen-bond donors (Lipinski definition) is 1. The summed E-state index contributed by atoms with van der Waals surface area (Å²) in [6.07, 6.45) is 4.69. The second kappa shape index (κ2) is 8.24. The van der Waals surface area contributed by atoms with E-state index in [1.54, 1.807) is 60.9 Å². The molecule has 1 saturated heterocycles. The highest BCUT2D eigenvalue weighted by Crippen LogP contribution is 2.40. The smallest absolute Gasteiger partial charge is 0.296 e. The van der Waals surface area contributed by atoms with E-state index in [-0.39, 0.29) is 17.9 Å². The molecule has 4 rings (SSSR count). The van der Waals surface area contributed by atoms with Crippen LogP contribution in [0.15, 0.2) is 77.2 Å². The minimum absolute atomic E-state index is 0.00760. The van der Waals surface area contributed by atoms with Crippen LogP contribution in [0.2, 0.25) is 0 Å². The number of likely N-dealkylation sites (tertiary alicyclic amines) is 1. The van der Waals surface area contributed by atoms with Crippen molar-refractivity contribution < 1.29 is 23.8 Å². The topological polar surface area (TPSA) is 92.9 Å². The summed E-state index contributed by atoms with van der Waals surface area (Å²) in [5, 5.41) is 11.1. The molecule has 0 spiro atoms. The number of furan rings is 1. The molecular weight excluding hydrogens is 384 g/mol. The third-order valence-electron chi connectivity index (χ3n) is 4.86. The number of rotatable bonds is 6. The van der Waals surface area contributed by atoms with Crippen LogP contribution in [0.25, 0.3) is 5.76 Å². The molecule has 1 amide bonds. The molecule has 7 heteroatoms. The van der Waals surface area contributed by atoms with Crippen LogP contribution in [0.1, 0.15) is 29.9 Å². The van der Waals surface area contributed by atoms with Crippen LogP contribution in [-0.4, -0.2) is 33.3 Å². The van der Waals surface area contributed by atoms with Gasteiger partial charge in [0, 0.05) is 18.0 Å². The Morgan fingerprint density at radius 2 is 2.07 bits per heavy atom. The largest absolute Gasteiger partial charge is 0.507 e. The van der Waals surface area contributed by atoms with Gasteiger partial charge in [0.2, 0.25) is 0 Å². The Kier molecular flexibility index (Phi) is 5.34. The summed E-state index contributed by atoms with van der Waals surface area (Å²) in [6, 6.07) is 12.9. The summed E-state index contributed by atoms with van der Waals surface area (Å²) in [4.78, 5) is 31.3. The van der Waals surface area contributed by atoms with Crippen LogP contribution in [0.4, 0.5) is 0 Å². The number of ether oxygens (including phenoxy) is 1. The zero-order valence-electron chi connectivity index (χ0n) is 16.3. The van der Waals surface area contributed by atoms with Gasteiger partial charge in [-0.3, -0.25) is 14.6 Å². The lowest BCUT2D eigenvalue weighted by Gasteiger charge is -2.24. The molecule has 1 fully saturated rings. The summed E-state index contributed by atoms with van der Waals surface area (Å²) in [5.41, 5.74) is 1.02. The van der Waals surface area contributed by atoms with Gasteiger partial charge in [-0.05, 0) is 42.8 Å². The number of hydrogen-bond acceptors (Lipinski definition) is 6. The van der Waals surface area contributed by atoms with E-state index in [0.29, 0.717) is 29.2 Å². The Labute approximate surface area is 173 Å². The Morgan fingerprint density at radius 3 is 2.77 bits per heavy atom. The van der Waals surface area contributed by atoms with E-state index in [4.69, 9.17) is 9.15 Å². The summed E-state index contributed by atoms with van der Waals surface area (Å²) < 4.78 is 10.9. The first-order valence-electron chi connectivity index (χ1n) is 9.54. The fourth-order valence-electron chi connectivity index (χ4n) is 3.55. The second-order valence-electron chi connectivity index (χ2n) is 6.75. The van der Waals surface area contributed by atoms with Crippen molar-refractivity contribution >= 4 is 17.4 Å². The van der Waals surface area contributed by atoms with E-state index in [1.807, 2.05) is 6.92 Å². The number of Topliss-reactive ketones (excluding diaryl/α,β-unsaturated/α-hetero) is 1. The Balaban J connectivity index is 1.84. The highest BCUT2D eigenvalue weighted by Gasteiger charge is 2.46. The molecular formula is C23H20N2O5. The predicted molar refractivity (Wildman–Crippen MR) is 108 cm³/mol. The van der Waals surface area contributed by atoms with Gasteiger partial charge in [0.15, 0.2) is 0 Å². The van der Waals surface area contributed by atoms with Crippen LogP contribution in [0.5, 0.6) is 5.75 Å². The number of benzene rings is 1. The maximum atomic E-state index is 13.0. The third-order valence-corrected chi connectivity index (χ3v) is 4.86. The highest BCUT2D eigenvalue weighted by molar-refractivity contribution is 6.46. The number of pyridine rings is 1. The predicted octanol–water partition coefficient (Wildman–Crippen LogP) is 3.70. The van der Waals surface area contributed by atoms with Gasteiger partial charge in [0.05, 0.1) is 31.0 Å². The minimum atomic E-state index is -0.792. The Morgan fingerprint density at radius 1 is 1.20 bits per heavy atom. The Hall–Kier alpha value is -3.87. The molecule has 152 valence electrons. The number of carbonyl (C=O) groups is 2. The maximum absolute atomic E-state index is 13.0. The summed E-state index contributed by atoms with van der Waals surface area (Å²) >= 11 is 0. The van der Waals surface area contributed by atoms with Crippen molar-refractivity contribution in [1.29, 1.82) is 0 Å². The molecule has 2 aromatic heterocycles. The van der Waals surface area contributed by atoms with Crippen LogP contribution >= 0.6 is 0 Å². The lowest BCUT2D eigenvalue weighted by Crippen LogP contribution is -2.29. The molecule has 3 aromatic rings. The molecule has 0 radical (unpaired) electrons. The number of aliphatic hydroxyl groups excluding tert-OH is 1. The lowest BCUT2D eigenvalue weighted by molar-refractivity contribution is -0.140. The molecule has 1 aliphatic rings. The van der Waals surface area contributed by atoms with E-state index >= 15 is 0 Å². The molecule has 7 nitrogen and oxygen atoms in total. The van der Waals surface area contributed by atoms with E-state index < -0.39 is 17.7 Å². The number of aliphatic hydroxyl groups is 1. The van der Waals surface area contributed by atoms with E-state index in [9.17, 15) is 14.7 Å². The standard InChI is InChI=1S/C23H20N2O5/c1-2-29-17-8-3-6-15(12-17)21(26)19-20(16-7-4-10-24-13-16)25(23(28)22(19)27)14-18-9-5-11-30-18/h3-13,20,26H,2,14H2,1H3. The summed E-state index contributed by atoms with van der Waals surface area (Å²) in [6.45, 7) is 2.41. The molecule has 3 heterocycles. The van der Waals surface area contributed by atoms with Crippen molar-refractivity contribution in [3.8, 4) is 5.75 Å². The van der Waals surface area contributed by atoms with Gasteiger partial charge in [-0.25, -0.2) is 0 Å². The van der Waals surface area contributed by atoms with Crippen molar-refractivity contribution in [3.05, 3.63) is 89.6 Å². The van der Waals surface area contributed by atoms with E-state index in [2.05, 4.69) is 4.98 Å². The number of amides is 1. The van der Waals surface area contributed by atoms with E-state index in [0.717, 1.165) is 0 Å². The van der Waals surface area contributed by atoms with Gasteiger partial charge >= 0.3 is 0 Å². The van der Waals surface area contributed by atoms with Crippen molar-refractivity contribution in [1.82, 2.24) is 9.88 Å². The zero-order valence-corrected chi connectivity index (χ0v) is 16.3. The van der Waals surface area contributed by atoms with Gasteiger partial charge in [-0.1, -0.05) is 18.2 Å². The maximum Gasteiger partial charge on any atom is 0.296 e. The average molecular weight is 404 g/mol. The summed E-state index contributed by atoms with van der Waals surface area (Å²) in [5.74, 6) is -0.628. The normalized spacial score (nSPS) is 18.0. The van der Waals surface area contributed by atoms with Crippen molar-refractivity contribution in [2.75, 3.05) is 6.61 Å². The first-order valence-corrected chi connectivity index (χ1v) is 9.54. The van der Waals surface area contributed by atoms with Gasteiger partial charge < -0.3 is 19.2 Å². The lowest BCUT2D eigenvalue weighted by atomic mass is 9.96. The molecule has 0 bridgehead atoms. The SMILES string of the molecule is CCOc1cccc(C(O)=C2C(=O)C(=O)N(Cc3ccco3)C2c2cccnc2)c1. The average Bonchev–Trinajstić information content (AvgIpc) is 3.37. The number of aromatic nitrogens is 1. The third kappa shape index (κ3) is 3.57. The molecule has 30 heavy (non-hydrogen) atoms. The molecule has 0 saturated carbocycles. The van der Waals surface area contributed by atoms with E-state index in [1.165, 1.54) is 11.2 Å². The van der Waals surface area contributed by atoms with Crippen LogP contribution in [0, 0.1) is 0 Å². The summed E-state index contributed by atoms with van der Waals surface area (Å²) in [7, 11) is 0. The Bertz CT molecular complexity index is 1090. The fourth-order valence-corrected chi connectivity index (χ4v) is 3.55. The zero-order chi connectivity index (χ0) is 21.1. The highest BCUT2D eigenvalue weighted by atomic mass is 16.5. The molecule has 1 atom stereocenters. The number of carbonyl (C=O) groups excluding carboxylic acids is 2. The first-order chi connectivity index (χ1) is 14.6. The van der Waals surface area contributed by atoms with Gasteiger partial charge in [-0.2, -0.15) is 0 Å². The van der Waals surface area contributed by atoms with Gasteiger partial charge in [0.1, 0.15) is 17.3 Å². The van der Waals surface area contributed by atoms with Crippen molar-refractivity contribution in [2.45, 2.75) is 19.5 Å². The van der Waals surface area contributed by atoms with Gasteiger partial charge in [0.25, 0.3) is 11.7 Å².